The first-order chi connectivity index (χ1) is 8.65. The van der Waals surface area contributed by atoms with Gasteiger partial charge in [-0.1, -0.05) is 0 Å². The lowest BCUT2D eigenvalue weighted by Gasteiger charge is -2.26. The van der Waals surface area contributed by atoms with Crippen molar-refractivity contribution >= 4 is 11.9 Å². The highest BCUT2D eigenvalue weighted by molar-refractivity contribution is 5.87. The third kappa shape index (κ3) is 3.27. The summed E-state index contributed by atoms with van der Waals surface area (Å²) in [5, 5.41) is 14.7. The number of hydrogen-bond donors (Lipinski definition) is 3. The van der Waals surface area contributed by atoms with Crippen LogP contribution < -0.4 is 10.6 Å². The van der Waals surface area contributed by atoms with Crippen LogP contribution in [0.2, 0.25) is 0 Å². The summed E-state index contributed by atoms with van der Waals surface area (Å²) < 4.78 is 0. The molecule has 3 N–H and O–H groups in total. The summed E-state index contributed by atoms with van der Waals surface area (Å²) in [5.74, 6) is -0.599. The number of carbonyl (C=O) groups is 2. The Hall–Kier alpha value is -1.95. The molecule has 1 aliphatic rings. The maximum Gasteiger partial charge on any atom is 0.335 e. The molecule has 18 heavy (non-hydrogen) atoms. The SMILES string of the molecule is O=C(CC1CNC1)NCc1cc(C(=O)O)ccn1. The minimum atomic E-state index is -0.995. The van der Waals surface area contributed by atoms with Crippen molar-refractivity contribution in [2.75, 3.05) is 13.1 Å². The predicted octanol–water partition coefficient (Wildman–Crippen LogP) is 0.00550. The van der Waals surface area contributed by atoms with Crippen molar-refractivity contribution in [1.29, 1.82) is 0 Å². The summed E-state index contributed by atoms with van der Waals surface area (Å²) in [6.45, 7) is 2.04. The molecule has 1 amide bonds. The smallest absolute Gasteiger partial charge is 0.335 e. The largest absolute Gasteiger partial charge is 0.478 e. The van der Waals surface area contributed by atoms with E-state index in [4.69, 9.17) is 5.11 Å². The first kappa shape index (κ1) is 12.5. The van der Waals surface area contributed by atoms with Crippen LogP contribution in [0.5, 0.6) is 0 Å². The van der Waals surface area contributed by atoms with E-state index in [1.54, 1.807) is 0 Å². The Balaban J connectivity index is 1.83. The van der Waals surface area contributed by atoms with Crippen LogP contribution >= 0.6 is 0 Å². The third-order valence-corrected chi connectivity index (χ3v) is 2.87. The summed E-state index contributed by atoms with van der Waals surface area (Å²) in [6.07, 6.45) is 1.94. The quantitative estimate of drug-likeness (QED) is 0.683. The minimum Gasteiger partial charge on any atom is -0.478 e. The molecule has 0 aromatic carbocycles. The van der Waals surface area contributed by atoms with Gasteiger partial charge < -0.3 is 15.7 Å². The molecular weight excluding hydrogens is 234 g/mol. The number of rotatable bonds is 5. The van der Waals surface area contributed by atoms with Gasteiger partial charge in [-0.2, -0.15) is 0 Å². The van der Waals surface area contributed by atoms with E-state index in [0.717, 1.165) is 13.1 Å². The van der Waals surface area contributed by atoms with Crippen LogP contribution in [-0.4, -0.2) is 35.1 Å². The number of carboxylic acids is 1. The van der Waals surface area contributed by atoms with E-state index in [-0.39, 0.29) is 18.0 Å². The zero-order valence-electron chi connectivity index (χ0n) is 9.85. The Labute approximate surface area is 104 Å². The van der Waals surface area contributed by atoms with Crippen molar-refractivity contribution in [2.24, 2.45) is 5.92 Å². The second-order valence-electron chi connectivity index (χ2n) is 4.35. The lowest BCUT2D eigenvalue weighted by Crippen LogP contribution is -2.44. The summed E-state index contributed by atoms with van der Waals surface area (Å²) >= 11 is 0. The van der Waals surface area contributed by atoms with Crippen LogP contribution in [-0.2, 0) is 11.3 Å². The Bertz CT molecular complexity index is 458. The van der Waals surface area contributed by atoms with E-state index >= 15 is 0 Å². The van der Waals surface area contributed by atoms with Crippen LogP contribution in [0.1, 0.15) is 22.5 Å². The number of nitrogens with one attached hydrogen (secondary N) is 2. The molecule has 1 saturated heterocycles. The minimum absolute atomic E-state index is 0.0240. The van der Waals surface area contributed by atoms with Crippen LogP contribution in [0.15, 0.2) is 18.3 Å². The van der Waals surface area contributed by atoms with Gasteiger partial charge in [-0.3, -0.25) is 9.78 Å². The van der Waals surface area contributed by atoms with Gasteiger partial charge >= 0.3 is 5.97 Å². The molecule has 6 nitrogen and oxygen atoms in total. The van der Waals surface area contributed by atoms with Gasteiger partial charge in [-0.15, -0.1) is 0 Å². The second kappa shape index (κ2) is 5.59. The Morgan fingerprint density at radius 2 is 2.28 bits per heavy atom. The molecule has 0 unspecified atom stereocenters. The highest BCUT2D eigenvalue weighted by atomic mass is 16.4. The Morgan fingerprint density at radius 1 is 1.50 bits per heavy atom. The Kier molecular flexibility index (Phi) is 3.88. The van der Waals surface area contributed by atoms with Gasteiger partial charge in [0.2, 0.25) is 5.91 Å². The molecule has 0 atom stereocenters. The molecule has 0 spiro atoms. The lowest BCUT2D eigenvalue weighted by atomic mass is 9.99. The topological polar surface area (TPSA) is 91.3 Å². The fourth-order valence-electron chi connectivity index (χ4n) is 1.72. The van der Waals surface area contributed by atoms with E-state index in [1.807, 2.05) is 0 Å². The third-order valence-electron chi connectivity index (χ3n) is 2.87. The molecule has 1 aromatic heterocycles. The molecule has 6 heteroatoms. The highest BCUT2D eigenvalue weighted by Crippen LogP contribution is 2.08. The average molecular weight is 249 g/mol. The zero-order valence-corrected chi connectivity index (χ0v) is 9.85. The van der Waals surface area contributed by atoms with Crippen LogP contribution in [0.4, 0.5) is 0 Å². The maximum atomic E-state index is 11.6. The fraction of sp³-hybridized carbons (Fsp3) is 0.417. The van der Waals surface area contributed by atoms with Crippen molar-refractivity contribution in [2.45, 2.75) is 13.0 Å². The monoisotopic (exact) mass is 249 g/mol. The van der Waals surface area contributed by atoms with Gasteiger partial charge in [0.05, 0.1) is 17.8 Å². The summed E-state index contributed by atoms with van der Waals surface area (Å²) in [6, 6.07) is 2.89. The van der Waals surface area contributed by atoms with Gasteiger partial charge in [0.1, 0.15) is 0 Å². The number of hydrogen-bond acceptors (Lipinski definition) is 4. The summed E-state index contributed by atoms with van der Waals surface area (Å²) in [4.78, 5) is 26.3. The highest BCUT2D eigenvalue weighted by Gasteiger charge is 2.19. The van der Waals surface area contributed by atoms with Crippen LogP contribution in [0.25, 0.3) is 0 Å². The molecule has 0 saturated carbocycles. The van der Waals surface area contributed by atoms with Gasteiger partial charge in [0.15, 0.2) is 0 Å². The van der Waals surface area contributed by atoms with Crippen molar-refractivity contribution in [3.63, 3.8) is 0 Å². The fourth-order valence-corrected chi connectivity index (χ4v) is 1.72. The normalized spacial score (nSPS) is 14.9. The molecule has 0 aliphatic carbocycles. The first-order valence-electron chi connectivity index (χ1n) is 5.81. The lowest BCUT2D eigenvalue weighted by molar-refractivity contribution is -0.122. The van der Waals surface area contributed by atoms with Crippen LogP contribution in [0, 0.1) is 5.92 Å². The predicted molar refractivity (Wildman–Crippen MR) is 64.0 cm³/mol. The molecule has 0 radical (unpaired) electrons. The van der Waals surface area contributed by atoms with Crippen molar-refractivity contribution < 1.29 is 14.7 Å². The molecule has 2 rings (SSSR count). The van der Waals surface area contributed by atoms with Gasteiger partial charge in [0, 0.05) is 12.6 Å². The summed E-state index contributed by atoms with van der Waals surface area (Å²) in [5.41, 5.74) is 0.729. The number of amides is 1. The average Bonchev–Trinajstić information content (AvgIpc) is 2.31. The second-order valence-corrected chi connectivity index (χ2v) is 4.35. The molecule has 1 aromatic rings. The van der Waals surface area contributed by atoms with Crippen molar-refractivity contribution in [3.05, 3.63) is 29.6 Å². The van der Waals surface area contributed by atoms with Gasteiger partial charge in [0.25, 0.3) is 0 Å². The number of aromatic carboxylic acids is 1. The zero-order chi connectivity index (χ0) is 13.0. The van der Waals surface area contributed by atoms with Gasteiger partial charge in [-0.25, -0.2) is 4.79 Å². The number of carbonyl (C=O) groups excluding carboxylic acids is 1. The number of pyridine rings is 1. The standard InChI is InChI=1S/C12H15N3O3/c16-11(3-8-5-13-6-8)15-7-10-4-9(12(17)18)1-2-14-10/h1-2,4,8,13H,3,5-7H2,(H,15,16)(H,17,18). The molecule has 1 aliphatic heterocycles. The number of carboxylic acid groups (broad SMARTS) is 1. The Morgan fingerprint density at radius 3 is 2.89 bits per heavy atom. The molecule has 0 bridgehead atoms. The van der Waals surface area contributed by atoms with E-state index in [1.165, 1.54) is 18.3 Å². The molecule has 2 heterocycles. The van der Waals surface area contributed by atoms with Gasteiger partial charge in [-0.05, 0) is 31.1 Å². The van der Waals surface area contributed by atoms with E-state index in [9.17, 15) is 9.59 Å². The van der Waals surface area contributed by atoms with E-state index in [2.05, 4.69) is 15.6 Å². The van der Waals surface area contributed by atoms with Crippen molar-refractivity contribution in [3.8, 4) is 0 Å². The number of aromatic nitrogens is 1. The molecule has 1 fully saturated rings. The van der Waals surface area contributed by atoms with E-state index in [0.29, 0.717) is 18.0 Å². The molecule has 96 valence electrons. The summed E-state index contributed by atoms with van der Waals surface area (Å²) in [7, 11) is 0. The maximum absolute atomic E-state index is 11.6. The van der Waals surface area contributed by atoms with Crippen LogP contribution in [0.3, 0.4) is 0 Å². The molecular formula is C12H15N3O3. The van der Waals surface area contributed by atoms with E-state index < -0.39 is 5.97 Å². The van der Waals surface area contributed by atoms with Crippen molar-refractivity contribution in [1.82, 2.24) is 15.6 Å². The first-order valence-corrected chi connectivity index (χ1v) is 5.81. The number of nitrogens with zero attached hydrogens (tertiary/aromatic N) is 1.